The van der Waals surface area contributed by atoms with Gasteiger partial charge in [0.25, 0.3) is 0 Å². The van der Waals surface area contributed by atoms with E-state index in [2.05, 4.69) is 11.9 Å². The van der Waals surface area contributed by atoms with Gasteiger partial charge in [-0.1, -0.05) is 12.1 Å². The summed E-state index contributed by atoms with van der Waals surface area (Å²) in [6.45, 7) is 3.66. The zero-order chi connectivity index (χ0) is 14.1. The molecule has 1 aromatic heterocycles. The third-order valence-electron chi connectivity index (χ3n) is 2.33. The second kappa shape index (κ2) is 8.44. The summed E-state index contributed by atoms with van der Waals surface area (Å²) in [5, 5.41) is 13.3. The monoisotopic (exact) mass is 283 g/mol. The van der Waals surface area contributed by atoms with Crippen LogP contribution in [0.4, 0.5) is 0 Å². The Bertz CT molecular complexity index is 416. The molecule has 0 aliphatic carbocycles. The number of carboxylic acids is 1. The SMILES string of the molecule is C=CCOCC(NC(=O)CCc1cccs1)C(=O)O. The van der Waals surface area contributed by atoms with E-state index in [-0.39, 0.29) is 25.5 Å². The molecule has 5 nitrogen and oxygen atoms in total. The van der Waals surface area contributed by atoms with Gasteiger partial charge in [-0.15, -0.1) is 17.9 Å². The molecule has 0 fully saturated rings. The maximum absolute atomic E-state index is 11.6. The molecule has 0 saturated carbocycles. The quantitative estimate of drug-likeness (QED) is 0.531. The fraction of sp³-hybridized carbons (Fsp3) is 0.385. The lowest BCUT2D eigenvalue weighted by atomic mass is 10.2. The number of hydrogen-bond donors (Lipinski definition) is 2. The number of aliphatic carboxylic acids is 1. The van der Waals surface area contributed by atoms with Gasteiger partial charge in [-0.3, -0.25) is 4.79 Å². The molecule has 0 bridgehead atoms. The topological polar surface area (TPSA) is 75.6 Å². The summed E-state index contributed by atoms with van der Waals surface area (Å²) in [6, 6.07) is 2.84. The first-order chi connectivity index (χ1) is 9.13. The fourth-order valence-corrected chi connectivity index (χ4v) is 2.11. The Balaban J connectivity index is 2.33. The maximum atomic E-state index is 11.6. The molecule has 1 unspecified atom stereocenters. The van der Waals surface area contributed by atoms with Crippen molar-refractivity contribution in [2.75, 3.05) is 13.2 Å². The summed E-state index contributed by atoms with van der Waals surface area (Å²) in [5.74, 6) is -1.39. The second-order valence-electron chi connectivity index (χ2n) is 3.86. The molecule has 1 amide bonds. The third kappa shape index (κ3) is 6.17. The Hall–Kier alpha value is -1.66. The van der Waals surface area contributed by atoms with Gasteiger partial charge in [0.15, 0.2) is 6.04 Å². The van der Waals surface area contributed by atoms with Crippen LogP contribution >= 0.6 is 11.3 Å². The van der Waals surface area contributed by atoms with E-state index in [1.54, 1.807) is 11.3 Å². The fourth-order valence-electron chi connectivity index (χ4n) is 1.40. The van der Waals surface area contributed by atoms with Gasteiger partial charge in [0.05, 0.1) is 13.2 Å². The van der Waals surface area contributed by atoms with E-state index in [4.69, 9.17) is 9.84 Å². The van der Waals surface area contributed by atoms with Crippen LogP contribution in [0.15, 0.2) is 30.2 Å². The predicted molar refractivity (Wildman–Crippen MR) is 73.2 cm³/mol. The molecule has 1 aromatic rings. The highest BCUT2D eigenvalue weighted by Crippen LogP contribution is 2.10. The molecule has 0 radical (unpaired) electrons. The molecule has 0 aromatic carbocycles. The first-order valence-electron chi connectivity index (χ1n) is 5.86. The standard InChI is InChI=1S/C13H17NO4S/c1-2-7-18-9-11(13(16)17)14-12(15)6-5-10-4-3-8-19-10/h2-4,8,11H,1,5-7,9H2,(H,14,15)(H,16,17). The molecule has 104 valence electrons. The smallest absolute Gasteiger partial charge is 0.328 e. The van der Waals surface area contributed by atoms with Crippen LogP contribution in [0.2, 0.25) is 0 Å². The zero-order valence-corrected chi connectivity index (χ0v) is 11.3. The second-order valence-corrected chi connectivity index (χ2v) is 4.90. The van der Waals surface area contributed by atoms with Gasteiger partial charge in [0.1, 0.15) is 0 Å². The lowest BCUT2D eigenvalue weighted by Gasteiger charge is -2.14. The van der Waals surface area contributed by atoms with Gasteiger partial charge in [0, 0.05) is 11.3 Å². The Morgan fingerprint density at radius 3 is 2.95 bits per heavy atom. The van der Waals surface area contributed by atoms with Crippen LogP contribution in [0.25, 0.3) is 0 Å². The minimum atomic E-state index is -1.10. The summed E-state index contributed by atoms with van der Waals surface area (Å²) in [7, 11) is 0. The van der Waals surface area contributed by atoms with Gasteiger partial charge >= 0.3 is 5.97 Å². The average molecular weight is 283 g/mol. The van der Waals surface area contributed by atoms with Gasteiger partial charge in [-0.05, 0) is 17.9 Å². The summed E-state index contributed by atoms with van der Waals surface area (Å²) in [4.78, 5) is 23.7. The average Bonchev–Trinajstić information content (AvgIpc) is 2.88. The molecular weight excluding hydrogens is 266 g/mol. The first-order valence-corrected chi connectivity index (χ1v) is 6.74. The van der Waals surface area contributed by atoms with Crippen LogP contribution in [-0.2, 0) is 20.7 Å². The zero-order valence-electron chi connectivity index (χ0n) is 10.5. The van der Waals surface area contributed by atoms with Crippen LogP contribution < -0.4 is 5.32 Å². The molecule has 19 heavy (non-hydrogen) atoms. The van der Waals surface area contributed by atoms with E-state index >= 15 is 0 Å². The van der Waals surface area contributed by atoms with Gasteiger partial charge in [0.2, 0.25) is 5.91 Å². The molecule has 2 N–H and O–H groups in total. The van der Waals surface area contributed by atoms with Crippen molar-refractivity contribution < 1.29 is 19.4 Å². The lowest BCUT2D eigenvalue weighted by molar-refractivity contribution is -0.143. The van der Waals surface area contributed by atoms with Crippen LogP contribution in [-0.4, -0.2) is 36.2 Å². The predicted octanol–water partition coefficient (Wildman–Crippen LogP) is 1.45. The number of ether oxygens (including phenoxy) is 1. The van der Waals surface area contributed by atoms with Crippen LogP contribution in [0.1, 0.15) is 11.3 Å². The number of rotatable bonds is 9. The number of carbonyl (C=O) groups excluding carboxylic acids is 1. The molecule has 6 heteroatoms. The number of carboxylic acid groups (broad SMARTS) is 1. The third-order valence-corrected chi connectivity index (χ3v) is 3.27. The minimum absolute atomic E-state index is 0.0634. The molecular formula is C13H17NO4S. The Morgan fingerprint density at radius 1 is 1.58 bits per heavy atom. The summed E-state index contributed by atoms with van der Waals surface area (Å²) in [5.41, 5.74) is 0. The summed E-state index contributed by atoms with van der Waals surface area (Å²) < 4.78 is 5.05. The normalized spacial score (nSPS) is 11.8. The van der Waals surface area contributed by atoms with Crippen molar-refractivity contribution in [2.45, 2.75) is 18.9 Å². The summed E-state index contributed by atoms with van der Waals surface area (Å²) in [6.07, 6.45) is 2.41. The number of carbonyl (C=O) groups is 2. The molecule has 0 spiro atoms. The molecule has 0 aliphatic heterocycles. The van der Waals surface area contributed by atoms with Crippen molar-refractivity contribution in [3.63, 3.8) is 0 Å². The Labute approximate surface area is 115 Å². The number of thiophene rings is 1. The highest BCUT2D eigenvalue weighted by atomic mass is 32.1. The lowest BCUT2D eigenvalue weighted by Crippen LogP contribution is -2.44. The Kier molecular flexibility index (Phi) is 6.84. The number of nitrogens with one attached hydrogen (secondary N) is 1. The van der Waals surface area contributed by atoms with E-state index in [1.165, 1.54) is 6.08 Å². The Morgan fingerprint density at radius 2 is 2.37 bits per heavy atom. The van der Waals surface area contributed by atoms with Gasteiger partial charge in [-0.25, -0.2) is 4.79 Å². The summed E-state index contributed by atoms with van der Waals surface area (Å²) >= 11 is 1.57. The van der Waals surface area contributed by atoms with Gasteiger partial charge < -0.3 is 15.2 Å². The molecule has 0 aliphatic rings. The molecule has 1 atom stereocenters. The van der Waals surface area contributed by atoms with Crippen LogP contribution in [0, 0.1) is 0 Å². The van der Waals surface area contributed by atoms with Gasteiger partial charge in [-0.2, -0.15) is 0 Å². The maximum Gasteiger partial charge on any atom is 0.328 e. The van der Waals surface area contributed by atoms with Crippen molar-refractivity contribution in [2.24, 2.45) is 0 Å². The van der Waals surface area contributed by atoms with E-state index in [0.717, 1.165) is 4.88 Å². The van der Waals surface area contributed by atoms with Crippen molar-refractivity contribution in [1.82, 2.24) is 5.32 Å². The van der Waals surface area contributed by atoms with Crippen LogP contribution in [0.3, 0.4) is 0 Å². The minimum Gasteiger partial charge on any atom is -0.480 e. The largest absolute Gasteiger partial charge is 0.480 e. The van der Waals surface area contributed by atoms with E-state index < -0.39 is 12.0 Å². The number of amides is 1. The van der Waals surface area contributed by atoms with Crippen LogP contribution in [0.5, 0.6) is 0 Å². The molecule has 1 heterocycles. The van der Waals surface area contributed by atoms with Crippen molar-refractivity contribution in [3.05, 3.63) is 35.0 Å². The van der Waals surface area contributed by atoms with Crippen molar-refractivity contribution in [3.8, 4) is 0 Å². The van der Waals surface area contributed by atoms with Crippen molar-refractivity contribution >= 4 is 23.2 Å². The molecule has 0 saturated heterocycles. The van der Waals surface area contributed by atoms with E-state index in [0.29, 0.717) is 6.42 Å². The van der Waals surface area contributed by atoms with Crippen molar-refractivity contribution in [1.29, 1.82) is 0 Å². The highest BCUT2D eigenvalue weighted by Gasteiger charge is 2.19. The van der Waals surface area contributed by atoms with E-state index in [1.807, 2.05) is 17.5 Å². The van der Waals surface area contributed by atoms with E-state index in [9.17, 15) is 9.59 Å². The number of hydrogen-bond acceptors (Lipinski definition) is 4. The first kappa shape index (κ1) is 15.4. The number of aryl methyl sites for hydroxylation is 1. The highest BCUT2D eigenvalue weighted by molar-refractivity contribution is 7.09. The molecule has 1 rings (SSSR count).